The topological polar surface area (TPSA) is 70.1 Å². The molecule has 1 atom stereocenters. The van der Waals surface area contributed by atoms with E-state index in [0.29, 0.717) is 0 Å². The van der Waals surface area contributed by atoms with Crippen LogP contribution in [-0.4, -0.2) is 21.9 Å². The minimum atomic E-state index is -5.09. The molecule has 0 fully saturated rings. The molecule has 0 spiro atoms. The van der Waals surface area contributed by atoms with E-state index in [1.54, 1.807) is 36.1 Å². The number of hydrogen-bond donors (Lipinski definition) is 1. The van der Waals surface area contributed by atoms with Gasteiger partial charge in [0.2, 0.25) is 0 Å². The quantitative estimate of drug-likeness (QED) is 0.697. The minimum Gasteiger partial charge on any atom is -0.433 e. The van der Waals surface area contributed by atoms with Gasteiger partial charge in [-0.25, -0.2) is 4.79 Å². The Hall–Kier alpha value is -2.35. The largest absolute Gasteiger partial charge is 0.491 e. The summed E-state index contributed by atoms with van der Waals surface area (Å²) in [6, 6.07) is 8.13. The second kappa shape index (κ2) is 5.45. The number of alkyl halides is 3. The molecule has 0 radical (unpaired) electrons. The van der Waals surface area contributed by atoms with Crippen LogP contribution in [0.3, 0.4) is 0 Å². The number of hydrogen-bond acceptors (Lipinski definition) is 4. The molecule has 0 amide bonds. The minimum absolute atomic E-state index is 0.246. The molecule has 0 saturated heterocycles. The summed E-state index contributed by atoms with van der Waals surface area (Å²) in [6.45, 7) is 1.19. The van der Waals surface area contributed by atoms with E-state index in [4.69, 9.17) is 5.73 Å². The van der Waals surface area contributed by atoms with Crippen LogP contribution in [-0.2, 0) is 22.3 Å². The zero-order chi connectivity index (χ0) is 16.5. The van der Waals surface area contributed by atoms with E-state index < -0.39 is 17.9 Å². The highest BCUT2D eigenvalue weighted by atomic mass is 19.4. The van der Waals surface area contributed by atoms with Crippen molar-refractivity contribution in [2.75, 3.05) is 0 Å². The van der Waals surface area contributed by atoms with Gasteiger partial charge >= 0.3 is 12.1 Å². The molecule has 0 aliphatic rings. The summed E-state index contributed by atoms with van der Waals surface area (Å²) in [4.78, 5) is 10.9. The van der Waals surface area contributed by atoms with Crippen molar-refractivity contribution in [2.24, 2.45) is 12.8 Å². The van der Waals surface area contributed by atoms with Gasteiger partial charge in [0.15, 0.2) is 5.72 Å². The fraction of sp³-hybridized carbons (Fsp3) is 0.286. The maximum Gasteiger partial charge on any atom is 0.491 e. The molecule has 0 saturated carbocycles. The predicted octanol–water partition coefficient (Wildman–Crippen LogP) is 2.32. The maximum absolute atomic E-state index is 12.2. The number of benzene rings is 1. The van der Waals surface area contributed by atoms with Crippen LogP contribution in [0, 0.1) is 0 Å². The number of ether oxygens (including phenoxy) is 1. The van der Waals surface area contributed by atoms with Gasteiger partial charge in [0.05, 0.1) is 5.69 Å². The van der Waals surface area contributed by atoms with Crippen LogP contribution < -0.4 is 5.73 Å². The van der Waals surface area contributed by atoms with Gasteiger partial charge in [-0.3, -0.25) is 10.4 Å². The first-order valence-electron chi connectivity index (χ1n) is 6.29. The van der Waals surface area contributed by atoms with E-state index >= 15 is 0 Å². The average Bonchev–Trinajstić information content (AvgIpc) is 2.83. The zero-order valence-electron chi connectivity index (χ0n) is 11.9. The molecule has 1 aromatic heterocycles. The molecule has 118 valence electrons. The summed E-state index contributed by atoms with van der Waals surface area (Å²) >= 11 is 0. The van der Waals surface area contributed by atoms with E-state index in [1.165, 1.54) is 19.1 Å². The molecule has 2 N–H and O–H groups in total. The number of aromatic nitrogens is 2. The number of esters is 1. The third kappa shape index (κ3) is 3.28. The van der Waals surface area contributed by atoms with E-state index in [2.05, 4.69) is 9.84 Å². The predicted molar refractivity (Wildman–Crippen MR) is 72.3 cm³/mol. The van der Waals surface area contributed by atoms with E-state index in [1.807, 2.05) is 0 Å². The molecule has 22 heavy (non-hydrogen) atoms. The fourth-order valence-electron chi connectivity index (χ4n) is 1.94. The highest BCUT2D eigenvalue weighted by Crippen LogP contribution is 2.27. The molecule has 1 heterocycles. The van der Waals surface area contributed by atoms with E-state index in [-0.39, 0.29) is 5.56 Å². The van der Waals surface area contributed by atoms with Crippen molar-refractivity contribution in [3.8, 4) is 11.3 Å². The summed E-state index contributed by atoms with van der Waals surface area (Å²) in [6.07, 6.45) is -3.46. The summed E-state index contributed by atoms with van der Waals surface area (Å²) in [7, 11) is 1.77. The van der Waals surface area contributed by atoms with E-state index in [9.17, 15) is 18.0 Å². The molecule has 0 aliphatic heterocycles. The fourth-order valence-corrected chi connectivity index (χ4v) is 1.94. The van der Waals surface area contributed by atoms with Crippen molar-refractivity contribution in [1.29, 1.82) is 0 Å². The number of aryl methyl sites for hydroxylation is 1. The first-order chi connectivity index (χ1) is 10.1. The number of carbonyl (C=O) groups excluding carboxylic acids is 1. The summed E-state index contributed by atoms with van der Waals surface area (Å²) in [5, 5.41) is 4.03. The van der Waals surface area contributed by atoms with Crippen molar-refractivity contribution in [1.82, 2.24) is 9.78 Å². The standard InChI is InChI=1S/C14H14F3N3O2/c1-13(18,22-12(21)14(15,16)17)10-5-3-9(4-6-10)11-7-8-19-20(11)2/h3-8H,18H2,1-2H3/t13-/m0/s1. The van der Waals surface area contributed by atoms with Gasteiger partial charge in [0, 0.05) is 18.8 Å². The summed E-state index contributed by atoms with van der Waals surface area (Å²) < 4.78 is 42.7. The van der Waals surface area contributed by atoms with Crippen LogP contribution in [0.4, 0.5) is 13.2 Å². The molecule has 0 aliphatic carbocycles. The van der Waals surface area contributed by atoms with Crippen LogP contribution in [0.25, 0.3) is 11.3 Å². The normalized spacial score (nSPS) is 14.5. The Kier molecular flexibility index (Phi) is 3.97. The lowest BCUT2D eigenvalue weighted by Gasteiger charge is -2.26. The Bertz CT molecular complexity index is 675. The second-order valence-corrected chi connectivity index (χ2v) is 4.91. The lowest BCUT2D eigenvalue weighted by atomic mass is 10.0. The Morgan fingerprint density at radius 3 is 2.27 bits per heavy atom. The van der Waals surface area contributed by atoms with Gasteiger partial charge in [0.1, 0.15) is 0 Å². The molecule has 2 rings (SSSR count). The molecule has 2 aromatic rings. The van der Waals surface area contributed by atoms with Crippen LogP contribution in [0.15, 0.2) is 36.5 Å². The monoisotopic (exact) mass is 313 g/mol. The van der Waals surface area contributed by atoms with Crippen molar-refractivity contribution in [2.45, 2.75) is 18.8 Å². The highest BCUT2D eigenvalue weighted by molar-refractivity contribution is 5.76. The average molecular weight is 313 g/mol. The van der Waals surface area contributed by atoms with Gasteiger partial charge in [-0.2, -0.15) is 18.3 Å². The lowest BCUT2D eigenvalue weighted by Crippen LogP contribution is -2.42. The highest BCUT2D eigenvalue weighted by Gasteiger charge is 2.44. The first kappa shape index (κ1) is 16.0. The Labute approximate surface area is 124 Å². The molecule has 0 unspecified atom stereocenters. The third-order valence-corrected chi connectivity index (χ3v) is 3.11. The second-order valence-electron chi connectivity index (χ2n) is 4.91. The van der Waals surface area contributed by atoms with Gasteiger partial charge in [-0.15, -0.1) is 0 Å². The third-order valence-electron chi connectivity index (χ3n) is 3.11. The molecule has 0 bridgehead atoms. The van der Waals surface area contributed by atoms with Gasteiger partial charge in [-0.1, -0.05) is 24.3 Å². The molecular weight excluding hydrogens is 299 g/mol. The van der Waals surface area contributed by atoms with Crippen molar-refractivity contribution in [3.05, 3.63) is 42.1 Å². The SMILES string of the molecule is Cn1nccc1-c1ccc([C@@](C)(N)OC(=O)C(F)(F)F)cc1. The number of carbonyl (C=O) groups is 1. The van der Waals surface area contributed by atoms with Crippen molar-refractivity contribution >= 4 is 5.97 Å². The van der Waals surface area contributed by atoms with Crippen molar-refractivity contribution < 1.29 is 22.7 Å². The Balaban J connectivity index is 2.22. The van der Waals surface area contributed by atoms with Gasteiger partial charge in [-0.05, 0) is 18.6 Å². The first-order valence-corrected chi connectivity index (χ1v) is 6.29. The van der Waals surface area contributed by atoms with Crippen molar-refractivity contribution in [3.63, 3.8) is 0 Å². The summed E-state index contributed by atoms with van der Waals surface area (Å²) in [5.41, 5.74) is 5.68. The van der Waals surface area contributed by atoms with Crippen LogP contribution in [0.5, 0.6) is 0 Å². The molecule has 8 heteroatoms. The van der Waals surface area contributed by atoms with Gasteiger partial charge in [0.25, 0.3) is 0 Å². The number of halogens is 3. The van der Waals surface area contributed by atoms with E-state index in [0.717, 1.165) is 11.3 Å². The number of rotatable bonds is 3. The van der Waals surface area contributed by atoms with Crippen LogP contribution in [0.2, 0.25) is 0 Å². The van der Waals surface area contributed by atoms with Crippen LogP contribution in [0.1, 0.15) is 12.5 Å². The molecule has 1 aromatic carbocycles. The molecular formula is C14H14F3N3O2. The Morgan fingerprint density at radius 1 is 1.23 bits per heavy atom. The summed E-state index contributed by atoms with van der Waals surface area (Å²) in [5.74, 6) is -2.33. The smallest absolute Gasteiger partial charge is 0.433 e. The number of nitrogens with two attached hydrogens (primary N) is 1. The maximum atomic E-state index is 12.2. The lowest BCUT2D eigenvalue weighted by molar-refractivity contribution is -0.213. The van der Waals surface area contributed by atoms with Crippen LogP contribution >= 0.6 is 0 Å². The number of nitrogens with zero attached hydrogens (tertiary/aromatic N) is 2. The molecule has 5 nitrogen and oxygen atoms in total. The zero-order valence-corrected chi connectivity index (χ0v) is 11.9. The van der Waals surface area contributed by atoms with Gasteiger partial charge < -0.3 is 4.74 Å². The Morgan fingerprint density at radius 2 is 1.82 bits per heavy atom.